The summed E-state index contributed by atoms with van der Waals surface area (Å²) in [4.78, 5) is 14.3. The molecule has 0 saturated carbocycles. The van der Waals surface area contributed by atoms with Gasteiger partial charge in [-0.1, -0.05) is 6.07 Å². The summed E-state index contributed by atoms with van der Waals surface area (Å²) in [6.07, 6.45) is 0.519. The van der Waals surface area contributed by atoms with E-state index in [-0.39, 0.29) is 5.91 Å². The molecule has 13 heavy (non-hydrogen) atoms. The monoisotopic (exact) mass is 215 g/mol. The maximum atomic E-state index is 11.4. The van der Waals surface area contributed by atoms with Crippen LogP contribution in [0.5, 0.6) is 0 Å². The smallest absolute Gasteiger partial charge is 0.223 e. The SMILES string of the molecule is CN(Cc1cccs1)C(=O)CCS. The molecule has 0 unspecified atom stereocenters. The first-order valence-corrected chi connectivity index (χ1v) is 5.62. The second kappa shape index (κ2) is 5.29. The first kappa shape index (κ1) is 10.6. The van der Waals surface area contributed by atoms with E-state index in [0.29, 0.717) is 18.7 Å². The van der Waals surface area contributed by atoms with E-state index in [4.69, 9.17) is 0 Å². The van der Waals surface area contributed by atoms with Gasteiger partial charge in [0.15, 0.2) is 0 Å². The van der Waals surface area contributed by atoms with Crippen molar-refractivity contribution in [3.8, 4) is 0 Å². The van der Waals surface area contributed by atoms with Crippen LogP contribution < -0.4 is 0 Å². The Morgan fingerprint density at radius 2 is 2.46 bits per heavy atom. The number of nitrogens with zero attached hydrogens (tertiary/aromatic N) is 1. The van der Waals surface area contributed by atoms with Crippen LogP contribution >= 0.6 is 24.0 Å². The Hall–Kier alpha value is -0.480. The fourth-order valence-corrected chi connectivity index (χ4v) is 1.96. The molecule has 0 aliphatic rings. The third-order valence-corrected chi connectivity index (χ3v) is 2.81. The molecule has 72 valence electrons. The van der Waals surface area contributed by atoms with E-state index in [1.807, 2.05) is 24.6 Å². The summed E-state index contributed by atoms with van der Waals surface area (Å²) in [5.74, 6) is 0.775. The number of amides is 1. The van der Waals surface area contributed by atoms with Crippen LogP contribution in [0, 0.1) is 0 Å². The van der Waals surface area contributed by atoms with Crippen molar-refractivity contribution in [3.05, 3.63) is 22.4 Å². The quantitative estimate of drug-likeness (QED) is 0.762. The summed E-state index contributed by atoms with van der Waals surface area (Å²) in [5.41, 5.74) is 0. The zero-order valence-electron chi connectivity index (χ0n) is 7.56. The standard InChI is InChI=1S/C9H13NOS2/c1-10(9(11)4-5-12)7-8-3-2-6-13-8/h2-3,6,12H,4-5,7H2,1H3. The van der Waals surface area contributed by atoms with Crippen LogP contribution in [0.15, 0.2) is 17.5 Å². The highest BCUT2D eigenvalue weighted by molar-refractivity contribution is 7.80. The van der Waals surface area contributed by atoms with Crippen molar-refractivity contribution >= 4 is 29.9 Å². The number of carbonyl (C=O) groups is 1. The van der Waals surface area contributed by atoms with Gasteiger partial charge in [0.1, 0.15) is 0 Å². The minimum Gasteiger partial charge on any atom is -0.341 e. The van der Waals surface area contributed by atoms with E-state index >= 15 is 0 Å². The lowest BCUT2D eigenvalue weighted by Crippen LogP contribution is -2.25. The van der Waals surface area contributed by atoms with Gasteiger partial charge in [-0.15, -0.1) is 11.3 Å². The fraction of sp³-hybridized carbons (Fsp3) is 0.444. The van der Waals surface area contributed by atoms with E-state index in [9.17, 15) is 4.79 Å². The summed E-state index contributed by atoms with van der Waals surface area (Å²) >= 11 is 5.70. The van der Waals surface area contributed by atoms with Crippen molar-refractivity contribution in [2.75, 3.05) is 12.8 Å². The molecule has 0 N–H and O–H groups in total. The molecule has 0 spiro atoms. The van der Waals surface area contributed by atoms with Crippen molar-refractivity contribution < 1.29 is 4.79 Å². The first-order chi connectivity index (χ1) is 6.24. The molecule has 0 atom stereocenters. The van der Waals surface area contributed by atoms with Crippen molar-refractivity contribution in [2.24, 2.45) is 0 Å². The van der Waals surface area contributed by atoms with Crippen LogP contribution in [-0.2, 0) is 11.3 Å². The number of thiophene rings is 1. The van der Waals surface area contributed by atoms with Gasteiger partial charge in [0.2, 0.25) is 5.91 Å². The van der Waals surface area contributed by atoms with Gasteiger partial charge >= 0.3 is 0 Å². The van der Waals surface area contributed by atoms with Crippen LogP contribution in [0.3, 0.4) is 0 Å². The molecule has 2 nitrogen and oxygen atoms in total. The molecule has 0 fully saturated rings. The first-order valence-electron chi connectivity index (χ1n) is 4.11. The highest BCUT2D eigenvalue weighted by Gasteiger charge is 2.07. The summed E-state index contributed by atoms with van der Waals surface area (Å²) in [6.45, 7) is 0.713. The predicted octanol–water partition coefficient (Wildman–Crippen LogP) is 2.03. The Morgan fingerprint density at radius 3 is 3.00 bits per heavy atom. The average molecular weight is 215 g/mol. The largest absolute Gasteiger partial charge is 0.341 e. The van der Waals surface area contributed by atoms with Crippen LogP contribution in [0.1, 0.15) is 11.3 Å². The predicted molar refractivity (Wildman–Crippen MR) is 59.3 cm³/mol. The molecule has 1 rings (SSSR count). The Kier molecular flexibility index (Phi) is 4.32. The number of carbonyl (C=O) groups excluding carboxylic acids is 1. The molecule has 0 bridgehead atoms. The molecule has 0 radical (unpaired) electrons. The molecule has 1 aromatic heterocycles. The van der Waals surface area contributed by atoms with Gasteiger partial charge in [0.05, 0.1) is 6.54 Å². The molecular weight excluding hydrogens is 202 g/mol. The zero-order valence-corrected chi connectivity index (χ0v) is 9.28. The van der Waals surface area contributed by atoms with Gasteiger partial charge in [-0.2, -0.15) is 12.6 Å². The van der Waals surface area contributed by atoms with Gasteiger partial charge in [-0.25, -0.2) is 0 Å². The molecule has 0 saturated heterocycles. The van der Waals surface area contributed by atoms with Gasteiger partial charge < -0.3 is 4.90 Å². The van der Waals surface area contributed by atoms with Crippen LogP contribution in [-0.4, -0.2) is 23.6 Å². The topological polar surface area (TPSA) is 20.3 Å². The molecule has 1 amide bonds. The maximum absolute atomic E-state index is 11.4. The van der Waals surface area contributed by atoms with Crippen molar-refractivity contribution in [1.29, 1.82) is 0 Å². The Bertz CT molecular complexity index is 259. The minimum atomic E-state index is 0.156. The van der Waals surface area contributed by atoms with Crippen LogP contribution in [0.2, 0.25) is 0 Å². The highest BCUT2D eigenvalue weighted by atomic mass is 32.1. The van der Waals surface area contributed by atoms with E-state index in [2.05, 4.69) is 12.6 Å². The van der Waals surface area contributed by atoms with E-state index in [1.165, 1.54) is 4.88 Å². The van der Waals surface area contributed by atoms with E-state index in [1.54, 1.807) is 16.2 Å². The summed E-state index contributed by atoms with van der Waals surface area (Å²) in [6, 6.07) is 4.03. The average Bonchev–Trinajstić information content (AvgIpc) is 2.57. The van der Waals surface area contributed by atoms with Gasteiger partial charge in [0.25, 0.3) is 0 Å². The molecule has 0 aliphatic heterocycles. The third-order valence-electron chi connectivity index (χ3n) is 1.72. The number of hydrogen-bond donors (Lipinski definition) is 1. The Balaban J connectivity index is 2.41. The molecule has 1 heterocycles. The lowest BCUT2D eigenvalue weighted by molar-refractivity contribution is -0.129. The minimum absolute atomic E-state index is 0.156. The normalized spacial score (nSPS) is 10.0. The summed E-state index contributed by atoms with van der Waals surface area (Å²) in [7, 11) is 1.82. The Morgan fingerprint density at radius 1 is 1.69 bits per heavy atom. The molecule has 0 aromatic carbocycles. The Labute approximate surface area is 88.0 Å². The van der Waals surface area contributed by atoms with E-state index < -0.39 is 0 Å². The van der Waals surface area contributed by atoms with Gasteiger partial charge in [-0.05, 0) is 17.2 Å². The number of thiol groups is 1. The fourth-order valence-electron chi connectivity index (χ4n) is 1.01. The highest BCUT2D eigenvalue weighted by Crippen LogP contribution is 2.11. The van der Waals surface area contributed by atoms with Crippen molar-refractivity contribution in [2.45, 2.75) is 13.0 Å². The third kappa shape index (κ3) is 3.40. The number of rotatable bonds is 4. The van der Waals surface area contributed by atoms with Crippen LogP contribution in [0.4, 0.5) is 0 Å². The molecule has 0 aliphatic carbocycles. The second-order valence-corrected chi connectivity index (χ2v) is 4.28. The lowest BCUT2D eigenvalue weighted by atomic mass is 10.4. The van der Waals surface area contributed by atoms with Crippen molar-refractivity contribution in [1.82, 2.24) is 4.90 Å². The van der Waals surface area contributed by atoms with Gasteiger partial charge in [0, 0.05) is 18.3 Å². The molecule has 1 aromatic rings. The molecule has 4 heteroatoms. The lowest BCUT2D eigenvalue weighted by Gasteiger charge is -2.15. The van der Waals surface area contributed by atoms with Gasteiger partial charge in [-0.3, -0.25) is 4.79 Å². The second-order valence-electron chi connectivity index (χ2n) is 2.80. The summed E-state index contributed by atoms with van der Waals surface area (Å²) < 4.78 is 0. The summed E-state index contributed by atoms with van der Waals surface area (Å²) in [5, 5.41) is 2.02. The van der Waals surface area contributed by atoms with Crippen molar-refractivity contribution in [3.63, 3.8) is 0 Å². The number of hydrogen-bond acceptors (Lipinski definition) is 3. The molecular formula is C9H13NOS2. The van der Waals surface area contributed by atoms with Crippen LogP contribution in [0.25, 0.3) is 0 Å². The zero-order chi connectivity index (χ0) is 9.68. The van der Waals surface area contributed by atoms with E-state index in [0.717, 1.165) is 0 Å². The maximum Gasteiger partial charge on any atom is 0.223 e.